The molecule has 0 aromatic heterocycles. The molecular weight excluding hydrogens is 667 g/mol. The van der Waals surface area contributed by atoms with Crippen LogP contribution in [0.15, 0.2) is 119 Å². The summed E-state index contributed by atoms with van der Waals surface area (Å²) in [5, 5.41) is 2.65. The molecule has 0 aliphatic heterocycles. The fourth-order valence-corrected chi connectivity index (χ4v) is 7.43. The number of hydrogen-bond donors (Lipinski definition) is 0. The third kappa shape index (κ3) is 7.17. The summed E-state index contributed by atoms with van der Waals surface area (Å²) in [6, 6.07) is 25.9. The van der Waals surface area contributed by atoms with Crippen molar-refractivity contribution >= 4 is 14.9 Å². The van der Waals surface area contributed by atoms with Crippen molar-refractivity contribution in [3.63, 3.8) is 0 Å². The summed E-state index contributed by atoms with van der Waals surface area (Å²) in [4.78, 5) is 0. The molecule has 0 spiro atoms. The summed E-state index contributed by atoms with van der Waals surface area (Å²) in [5.41, 5.74) is 12.8. The SMILES string of the molecule is CC1=CC2=c3c(C)cc(C(C)(C)C)cc3=[C-]C2=C(C2=CC=CC2)C1(C)C(C)(C)C.[Cl-].[Cl-].[Zr+2]=[C](c1ccccc1)c1ccccc1. The molecule has 0 N–H and O–H groups in total. The summed E-state index contributed by atoms with van der Waals surface area (Å²) in [7, 11) is 0. The van der Waals surface area contributed by atoms with Gasteiger partial charge in [-0.2, -0.15) is 0 Å². The Hall–Kier alpha value is -2.31. The number of rotatable bonds is 3. The number of allylic oxidation sites excluding steroid dienone is 8. The second kappa shape index (κ2) is 14.2. The van der Waals surface area contributed by atoms with Crippen LogP contribution in [0, 0.1) is 17.8 Å². The monoisotopic (exact) mass is 709 g/mol. The van der Waals surface area contributed by atoms with Crippen molar-refractivity contribution in [2.45, 2.75) is 74.1 Å². The first-order valence-electron chi connectivity index (χ1n) is 15.5. The van der Waals surface area contributed by atoms with Crippen molar-refractivity contribution < 1.29 is 49.0 Å². The Morgan fingerprint density at radius 2 is 1.38 bits per heavy atom. The fraction of sp³-hybridized carbons (Fsp3) is 0.310. The molecule has 3 aromatic rings. The average molecular weight is 712 g/mol. The fourth-order valence-electron chi connectivity index (χ4n) is 6.61. The van der Waals surface area contributed by atoms with Crippen LogP contribution < -0.4 is 35.3 Å². The van der Waals surface area contributed by atoms with Crippen molar-refractivity contribution in [3.05, 3.63) is 152 Å². The van der Waals surface area contributed by atoms with Crippen LogP contribution in [0.2, 0.25) is 0 Å². The molecule has 0 amide bonds. The van der Waals surface area contributed by atoms with Crippen LogP contribution in [-0.2, 0) is 29.7 Å². The molecule has 0 nitrogen and oxygen atoms in total. The molecule has 3 heteroatoms. The molecule has 0 heterocycles. The summed E-state index contributed by atoms with van der Waals surface area (Å²) < 4.78 is 1.42. The quantitative estimate of drug-likeness (QED) is 0.367. The van der Waals surface area contributed by atoms with E-state index in [4.69, 9.17) is 0 Å². The molecule has 3 aliphatic rings. The normalized spacial score (nSPS) is 18.3. The van der Waals surface area contributed by atoms with E-state index in [9.17, 15) is 0 Å². The third-order valence-corrected chi connectivity index (χ3v) is 11.0. The van der Waals surface area contributed by atoms with E-state index in [1.165, 1.54) is 88.0 Å². The first-order valence-corrected chi connectivity index (χ1v) is 16.7. The van der Waals surface area contributed by atoms with Gasteiger partial charge in [0.25, 0.3) is 0 Å². The first-order chi connectivity index (χ1) is 20.2. The van der Waals surface area contributed by atoms with Gasteiger partial charge in [0.1, 0.15) is 0 Å². The second-order valence-electron chi connectivity index (χ2n) is 14.4. The minimum absolute atomic E-state index is 0. The van der Waals surface area contributed by atoms with Crippen LogP contribution in [0.1, 0.15) is 84.1 Å². The molecule has 0 saturated carbocycles. The van der Waals surface area contributed by atoms with E-state index in [1.807, 2.05) is 0 Å². The summed E-state index contributed by atoms with van der Waals surface area (Å²) in [6.07, 6.45) is 14.2. The summed E-state index contributed by atoms with van der Waals surface area (Å²) in [6.45, 7) is 21.1. The number of benzene rings is 3. The molecule has 0 bridgehead atoms. The van der Waals surface area contributed by atoms with Crippen LogP contribution in [0.5, 0.6) is 0 Å². The van der Waals surface area contributed by atoms with E-state index in [2.05, 4.69) is 165 Å². The average Bonchev–Trinajstić information content (AvgIpc) is 3.62. The minimum atomic E-state index is -0.0144. The molecular formula is C42H45Cl2Zr-. The molecule has 1 atom stereocenters. The summed E-state index contributed by atoms with van der Waals surface area (Å²) >= 11 is 1.46. The maximum atomic E-state index is 3.89. The van der Waals surface area contributed by atoms with Crippen LogP contribution >= 0.6 is 0 Å². The Labute approximate surface area is 299 Å². The van der Waals surface area contributed by atoms with Crippen molar-refractivity contribution in [2.75, 3.05) is 0 Å². The van der Waals surface area contributed by atoms with Crippen molar-refractivity contribution in [1.82, 2.24) is 0 Å². The molecule has 45 heavy (non-hydrogen) atoms. The van der Waals surface area contributed by atoms with Gasteiger partial charge in [-0.1, -0.05) is 107 Å². The summed E-state index contributed by atoms with van der Waals surface area (Å²) in [5.74, 6) is 0. The van der Waals surface area contributed by atoms with Gasteiger partial charge < -0.3 is 24.8 Å². The molecule has 6 rings (SSSR count). The van der Waals surface area contributed by atoms with Gasteiger partial charge in [-0.05, 0) is 36.5 Å². The molecule has 0 radical (unpaired) electrons. The number of hydrogen-bond acceptors (Lipinski definition) is 0. The van der Waals surface area contributed by atoms with E-state index in [-0.39, 0.29) is 41.1 Å². The zero-order valence-corrected chi connectivity index (χ0v) is 32.2. The van der Waals surface area contributed by atoms with Crippen molar-refractivity contribution in [1.29, 1.82) is 0 Å². The van der Waals surface area contributed by atoms with Crippen LogP contribution in [0.25, 0.3) is 11.6 Å². The Morgan fingerprint density at radius 1 is 0.822 bits per heavy atom. The Balaban J connectivity index is 0.000000292. The maximum absolute atomic E-state index is 3.89. The van der Waals surface area contributed by atoms with E-state index in [0.717, 1.165) is 6.42 Å². The molecule has 232 valence electrons. The first kappa shape index (κ1) is 37.2. The van der Waals surface area contributed by atoms with Crippen LogP contribution in [0.4, 0.5) is 0 Å². The molecule has 0 saturated heterocycles. The van der Waals surface area contributed by atoms with Gasteiger partial charge in [0.15, 0.2) is 0 Å². The third-order valence-electron chi connectivity index (χ3n) is 9.62. The van der Waals surface area contributed by atoms with Gasteiger partial charge >= 0.3 is 99.2 Å². The number of halogens is 2. The van der Waals surface area contributed by atoms with Gasteiger partial charge in [-0.25, -0.2) is 0 Å². The predicted molar refractivity (Wildman–Crippen MR) is 182 cm³/mol. The van der Waals surface area contributed by atoms with Gasteiger partial charge in [0.2, 0.25) is 0 Å². The van der Waals surface area contributed by atoms with Gasteiger partial charge in [0.05, 0.1) is 0 Å². The zero-order valence-electron chi connectivity index (χ0n) is 28.2. The Morgan fingerprint density at radius 3 is 1.84 bits per heavy atom. The van der Waals surface area contributed by atoms with E-state index in [0.29, 0.717) is 0 Å². The topological polar surface area (TPSA) is 0 Å². The van der Waals surface area contributed by atoms with Crippen molar-refractivity contribution in [3.8, 4) is 0 Å². The van der Waals surface area contributed by atoms with Gasteiger partial charge in [0, 0.05) is 0 Å². The second-order valence-corrected chi connectivity index (χ2v) is 15.6. The molecule has 3 aromatic carbocycles. The molecule has 0 fully saturated rings. The Bertz CT molecular complexity index is 1780. The molecule has 1 unspecified atom stereocenters. The van der Waals surface area contributed by atoms with Crippen molar-refractivity contribution in [2.24, 2.45) is 10.8 Å². The van der Waals surface area contributed by atoms with E-state index >= 15 is 0 Å². The Kier molecular flexibility index (Phi) is 11.7. The van der Waals surface area contributed by atoms with Gasteiger partial charge in [-0.15, -0.1) is 33.7 Å². The van der Waals surface area contributed by atoms with Crippen LogP contribution in [0.3, 0.4) is 0 Å². The molecule has 3 aliphatic carbocycles. The number of fused-ring (bicyclic) bond motifs is 2. The van der Waals surface area contributed by atoms with E-state index in [1.54, 1.807) is 0 Å². The van der Waals surface area contributed by atoms with Crippen LogP contribution in [-0.4, -0.2) is 3.21 Å². The van der Waals surface area contributed by atoms with E-state index < -0.39 is 0 Å². The predicted octanol–water partition coefficient (Wildman–Crippen LogP) is 3.12. The zero-order chi connectivity index (χ0) is 31.2. The standard InChI is InChI=1S/C29H35.C13H10.2ClH.Zr/c1-18-14-22(27(3,4)5)16-21-17-24-23(25(18)21)15-19(2)29(9,28(6,7)8)26(24)20-12-10-11-13-20;1-3-7-12(8-4-1)11-13-9-5-2-6-10-13;;;/h10-12,14-16H,13H2,1-9H3;1-10H;2*1H;/q-1;;;;+2/p-2. The number of aryl methyl sites for hydroxylation is 1. The van der Waals surface area contributed by atoms with Gasteiger partial charge in [-0.3, -0.25) is 0 Å².